The van der Waals surface area contributed by atoms with Crippen LogP contribution < -0.4 is 5.32 Å². The summed E-state index contributed by atoms with van der Waals surface area (Å²) >= 11 is 3.50. The van der Waals surface area contributed by atoms with Crippen molar-refractivity contribution in [2.45, 2.75) is 13.3 Å². The molecule has 2 nitrogen and oxygen atoms in total. The van der Waals surface area contributed by atoms with Crippen LogP contribution >= 0.6 is 15.9 Å². The lowest BCUT2D eigenvalue weighted by Gasteiger charge is -2.15. The maximum Gasteiger partial charge on any atom is 0.100 e. The van der Waals surface area contributed by atoms with Gasteiger partial charge in [-0.1, -0.05) is 47.1 Å². The molecule has 1 aliphatic rings. The first-order chi connectivity index (χ1) is 8.25. The zero-order valence-electron chi connectivity index (χ0n) is 9.99. The molecule has 0 aliphatic carbocycles. The van der Waals surface area contributed by atoms with Crippen LogP contribution in [0.15, 0.2) is 45.9 Å². The number of rotatable bonds is 3. The van der Waals surface area contributed by atoms with Crippen molar-refractivity contribution >= 4 is 21.8 Å². The van der Waals surface area contributed by atoms with E-state index >= 15 is 0 Å². The summed E-state index contributed by atoms with van der Waals surface area (Å²) in [6, 6.07) is 8.47. The number of hydrogen-bond donors (Lipinski definition) is 1. The average molecular weight is 293 g/mol. The highest BCUT2D eigenvalue weighted by molar-refractivity contribution is 9.10. The highest BCUT2D eigenvalue weighted by Gasteiger charge is 2.11. The number of amidine groups is 1. The molecular weight excluding hydrogens is 276 g/mol. The molecule has 1 N–H and O–H groups in total. The lowest BCUT2D eigenvalue weighted by molar-refractivity contribution is 0.729. The molecule has 1 aromatic carbocycles. The van der Waals surface area contributed by atoms with E-state index < -0.39 is 0 Å². The average Bonchev–Trinajstić information content (AvgIpc) is 2.57. The minimum Gasteiger partial charge on any atom is -0.370 e. The van der Waals surface area contributed by atoms with Crippen LogP contribution in [0.2, 0.25) is 0 Å². The zero-order valence-corrected chi connectivity index (χ0v) is 11.6. The molecule has 0 bridgehead atoms. The third kappa shape index (κ3) is 3.70. The first kappa shape index (κ1) is 12.4. The van der Waals surface area contributed by atoms with E-state index in [2.05, 4.69) is 69.6 Å². The fourth-order valence-electron chi connectivity index (χ4n) is 1.97. The maximum absolute atomic E-state index is 4.55. The molecule has 0 fully saturated rings. The Balaban J connectivity index is 2.01. The molecule has 1 atom stereocenters. The fourth-order valence-corrected chi connectivity index (χ4v) is 2.42. The maximum atomic E-state index is 4.55. The smallest absolute Gasteiger partial charge is 0.100 e. The molecule has 1 aromatic rings. The SMILES string of the molecule is C[C@@H](Cc1cccc(Br)c1)C1=NCC=CCN1. The molecule has 3 heteroatoms. The van der Waals surface area contributed by atoms with Crippen LogP contribution in [-0.4, -0.2) is 18.9 Å². The standard InChI is InChI=1S/C14H17BrN2/c1-11(14-16-7-2-3-8-17-14)9-12-5-4-6-13(15)10-12/h2-6,10-11H,7-9H2,1H3,(H,16,17)/t11-/m0/s1. The molecule has 2 rings (SSSR count). The van der Waals surface area contributed by atoms with Crippen molar-refractivity contribution in [1.29, 1.82) is 0 Å². The topological polar surface area (TPSA) is 24.4 Å². The van der Waals surface area contributed by atoms with Gasteiger partial charge in [0, 0.05) is 16.9 Å². The molecule has 0 unspecified atom stereocenters. The second kappa shape index (κ2) is 6.01. The van der Waals surface area contributed by atoms with Crippen LogP contribution in [0, 0.1) is 5.92 Å². The van der Waals surface area contributed by atoms with Crippen LogP contribution in [0.25, 0.3) is 0 Å². The summed E-state index contributed by atoms with van der Waals surface area (Å²) in [5.74, 6) is 1.55. The first-order valence-electron chi connectivity index (χ1n) is 5.93. The van der Waals surface area contributed by atoms with E-state index in [0.29, 0.717) is 5.92 Å². The molecule has 0 aromatic heterocycles. The first-order valence-corrected chi connectivity index (χ1v) is 6.72. The Morgan fingerprint density at radius 1 is 1.41 bits per heavy atom. The van der Waals surface area contributed by atoms with E-state index in [1.54, 1.807) is 0 Å². The molecule has 0 saturated carbocycles. The largest absolute Gasteiger partial charge is 0.370 e. The van der Waals surface area contributed by atoms with Crippen LogP contribution in [0.4, 0.5) is 0 Å². The normalized spacial score (nSPS) is 16.9. The Labute approximate surface area is 111 Å². The Morgan fingerprint density at radius 2 is 2.29 bits per heavy atom. The van der Waals surface area contributed by atoms with Crippen molar-refractivity contribution in [1.82, 2.24) is 5.32 Å². The van der Waals surface area contributed by atoms with Gasteiger partial charge in [0.15, 0.2) is 0 Å². The van der Waals surface area contributed by atoms with E-state index in [4.69, 9.17) is 0 Å². The van der Waals surface area contributed by atoms with E-state index in [0.717, 1.165) is 29.8 Å². The van der Waals surface area contributed by atoms with Gasteiger partial charge in [-0.2, -0.15) is 0 Å². The minimum absolute atomic E-state index is 0.434. The molecule has 17 heavy (non-hydrogen) atoms. The van der Waals surface area contributed by atoms with Gasteiger partial charge in [0.1, 0.15) is 5.84 Å². The third-order valence-electron chi connectivity index (χ3n) is 2.83. The summed E-state index contributed by atoms with van der Waals surface area (Å²) in [5, 5.41) is 3.37. The van der Waals surface area contributed by atoms with Gasteiger partial charge in [-0.15, -0.1) is 0 Å². The second-order valence-electron chi connectivity index (χ2n) is 4.31. The highest BCUT2D eigenvalue weighted by atomic mass is 79.9. The van der Waals surface area contributed by atoms with E-state index in [9.17, 15) is 0 Å². The van der Waals surface area contributed by atoms with Crippen molar-refractivity contribution in [3.05, 3.63) is 46.5 Å². The van der Waals surface area contributed by atoms with Crippen molar-refractivity contribution < 1.29 is 0 Å². The molecule has 1 heterocycles. The molecule has 0 spiro atoms. The molecule has 0 saturated heterocycles. The number of nitrogens with one attached hydrogen (secondary N) is 1. The highest BCUT2D eigenvalue weighted by Crippen LogP contribution is 2.15. The zero-order chi connectivity index (χ0) is 12.1. The van der Waals surface area contributed by atoms with Crippen LogP contribution in [0.5, 0.6) is 0 Å². The van der Waals surface area contributed by atoms with E-state index in [1.165, 1.54) is 5.56 Å². The van der Waals surface area contributed by atoms with Crippen molar-refractivity contribution in [3.8, 4) is 0 Å². The molecule has 0 amide bonds. The fraction of sp³-hybridized carbons (Fsp3) is 0.357. The van der Waals surface area contributed by atoms with E-state index in [1.807, 2.05) is 0 Å². The summed E-state index contributed by atoms with van der Waals surface area (Å²) in [5.41, 5.74) is 1.34. The summed E-state index contributed by atoms with van der Waals surface area (Å²) in [7, 11) is 0. The number of benzene rings is 1. The summed E-state index contributed by atoms with van der Waals surface area (Å²) in [6.07, 6.45) is 5.25. The molecule has 90 valence electrons. The monoisotopic (exact) mass is 292 g/mol. The number of halogens is 1. The Morgan fingerprint density at radius 3 is 3.12 bits per heavy atom. The Hall–Kier alpha value is -1.09. The third-order valence-corrected chi connectivity index (χ3v) is 3.33. The van der Waals surface area contributed by atoms with Gasteiger partial charge < -0.3 is 5.32 Å². The minimum atomic E-state index is 0.434. The van der Waals surface area contributed by atoms with Gasteiger partial charge in [0.05, 0.1) is 6.54 Å². The summed E-state index contributed by atoms with van der Waals surface area (Å²) in [6.45, 7) is 3.91. The van der Waals surface area contributed by atoms with Gasteiger partial charge in [0.25, 0.3) is 0 Å². The lowest BCUT2D eigenvalue weighted by Crippen LogP contribution is -2.30. The van der Waals surface area contributed by atoms with E-state index in [-0.39, 0.29) is 0 Å². The van der Waals surface area contributed by atoms with Gasteiger partial charge in [0.2, 0.25) is 0 Å². The Bertz CT molecular complexity index is 438. The second-order valence-corrected chi connectivity index (χ2v) is 5.23. The predicted octanol–water partition coefficient (Wildman–Crippen LogP) is 3.19. The van der Waals surface area contributed by atoms with Gasteiger partial charge >= 0.3 is 0 Å². The van der Waals surface area contributed by atoms with Crippen LogP contribution in [-0.2, 0) is 6.42 Å². The predicted molar refractivity (Wildman–Crippen MR) is 76.5 cm³/mol. The van der Waals surface area contributed by atoms with Gasteiger partial charge in [-0.05, 0) is 24.1 Å². The summed E-state index contributed by atoms with van der Waals surface area (Å²) in [4.78, 5) is 4.55. The quantitative estimate of drug-likeness (QED) is 0.850. The van der Waals surface area contributed by atoms with Crippen molar-refractivity contribution in [2.75, 3.05) is 13.1 Å². The van der Waals surface area contributed by atoms with Crippen LogP contribution in [0.3, 0.4) is 0 Å². The van der Waals surface area contributed by atoms with Crippen LogP contribution in [0.1, 0.15) is 12.5 Å². The molecule has 0 radical (unpaired) electrons. The van der Waals surface area contributed by atoms with Crippen molar-refractivity contribution in [3.63, 3.8) is 0 Å². The van der Waals surface area contributed by atoms with Crippen molar-refractivity contribution in [2.24, 2.45) is 10.9 Å². The van der Waals surface area contributed by atoms with Gasteiger partial charge in [-0.25, -0.2) is 0 Å². The van der Waals surface area contributed by atoms with Gasteiger partial charge in [-0.3, -0.25) is 4.99 Å². The number of nitrogens with zero attached hydrogens (tertiary/aromatic N) is 1. The lowest BCUT2D eigenvalue weighted by atomic mass is 10.00. The number of aliphatic imine (C=N–C) groups is 1. The molecular formula is C14H17BrN2. The molecule has 1 aliphatic heterocycles. The number of hydrogen-bond acceptors (Lipinski definition) is 2. The Kier molecular flexibility index (Phi) is 4.37. The summed E-state index contributed by atoms with van der Waals surface area (Å²) < 4.78 is 1.14.